The molecule has 0 aromatic heterocycles. The third-order valence-electron chi connectivity index (χ3n) is 18.6. The average molecular weight is 1330 g/mol. The number of hydrogen-bond donors (Lipinski definition) is 5. The summed E-state index contributed by atoms with van der Waals surface area (Å²) < 4.78 is 11.9. The van der Waals surface area contributed by atoms with Gasteiger partial charge in [-0.25, -0.2) is 0 Å². The fraction of sp³-hybridized carbons (Fsp3) is 0.817. The molecule has 2 fully saturated rings. The van der Waals surface area contributed by atoms with Gasteiger partial charge in [-0.3, -0.25) is 57.6 Å². The highest BCUT2D eigenvalue weighted by atomic mass is 16.5. The summed E-state index contributed by atoms with van der Waals surface area (Å²) in [5.74, 6) is -12.4. The summed E-state index contributed by atoms with van der Waals surface area (Å²) in [4.78, 5) is 169. The summed E-state index contributed by atoms with van der Waals surface area (Å²) in [6.07, 6.45) is 2.34. The van der Waals surface area contributed by atoms with E-state index in [0.29, 0.717) is 26.1 Å². The van der Waals surface area contributed by atoms with Gasteiger partial charge in [-0.15, -0.1) is 0 Å². The number of nitrogens with zero attached hydrogens (tertiary/aromatic N) is 5. The molecule has 2 heterocycles. The molecular weight excluding hydrogens is 1200 g/mol. The highest BCUT2D eigenvalue weighted by molar-refractivity contribution is 6.00. The van der Waals surface area contributed by atoms with Gasteiger partial charge in [0.15, 0.2) is 23.1 Å². The molecule has 2 rings (SSSR count). The van der Waals surface area contributed by atoms with Crippen molar-refractivity contribution in [3.63, 3.8) is 0 Å². The monoisotopic (exact) mass is 1330 g/mol. The van der Waals surface area contributed by atoms with Crippen molar-refractivity contribution in [2.75, 3.05) is 74.3 Å². The summed E-state index contributed by atoms with van der Waals surface area (Å²) in [6, 6.07) is -8.64. The third kappa shape index (κ3) is 26.5. The van der Waals surface area contributed by atoms with Crippen molar-refractivity contribution in [1.82, 2.24) is 40.4 Å². The maximum atomic E-state index is 15.1. The number of unbranched alkanes of at least 4 members (excludes halogenated alkanes) is 1. The highest BCUT2D eigenvalue weighted by Crippen LogP contribution is 2.29. The molecule has 94 heavy (non-hydrogen) atoms. The maximum Gasteiger partial charge on any atom is 0.245 e. The molecule has 0 radical (unpaired) electrons. The van der Waals surface area contributed by atoms with E-state index in [0.717, 1.165) is 26.1 Å². The molecule has 2 saturated heterocycles. The molecule has 2 aliphatic heterocycles. The molecule has 5 N–H and O–H groups in total. The first-order valence-electron chi connectivity index (χ1n) is 34.9. The second-order valence-corrected chi connectivity index (χ2v) is 29.0. The Morgan fingerprint density at radius 1 is 0.564 bits per heavy atom. The van der Waals surface area contributed by atoms with Gasteiger partial charge in [-0.1, -0.05) is 109 Å². The molecule has 0 aliphatic carbocycles. The lowest BCUT2D eigenvalue weighted by Crippen LogP contribution is -2.61. The van der Waals surface area contributed by atoms with Crippen molar-refractivity contribution in [2.24, 2.45) is 59.2 Å². The minimum Gasteiger partial charge on any atom is -0.396 e. The van der Waals surface area contributed by atoms with Gasteiger partial charge < -0.3 is 55.2 Å². The normalized spacial score (nSPS) is 27.7. The number of allylic oxidation sites excluding steroid dienone is 1. The zero-order valence-electron chi connectivity index (χ0n) is 61.0. The van der Waals surface area contributed by atoms with Crippen LogP contribution < -0.4 is 16.0 Å². The highest BCUT2D eigenvalue weighted by Gasteiger charge is 2.44. The largest absolute Gasteiger partial charge is 0.396 e. The second-order valence-electron chi connectivity index (χ2n) is 29.0. The molecule has 0 bridgehead atoms. The molecular formula is C71H124N8O15. The van der Waals surface area contributed by atoms with Gasteiger partial charge in [-0.2, -0.15) is 0 Å². The van der Waals surface area contributed by atoms with Crippen molar-refractivity contribution in [3.8, 4) is 0 Å². The number of amides is 7. The van der Waals surface area contributed by atoms with Crippen LogP contribution in [0.15, 0.2) is 12.2 Å². The molecule has 14 atom stereocenters. The number of carbonyl (C=O) groups is 11. The second kappa shape index (κ2) is 41.6. The van der Waals surface area contributed by atoms with E-state index in [1.807, 2.05) is 41.5 Å². The van der Waals surface area contributed by atoms with Crippen LogP contribution >= 0.6 is 0 Å². The Balaban J connectivity index is 2.92. The van der Waals surface area contributed by atoms with Gasteiger partial charge >= 0.3 is 0 Å². The van der Waals surface area contributed by atoms with Crippen LogP contribution in [-0.4, -0.2) is 228 Å². The summed E-state index contributed by atoms with van der Waals surface area (Å²) >= 11 is 0. The van der Waals surface area contributed by atoms with Gasteiger partial charge in [0.05, 0.1) is 43.5 Å². The average Bonchev–Trinajstić information content (AvgIpc) is 0.835. The van der Waals surface area contributed by atoms with Crippen LogP contribution in [0.3, 0.4) is 0 Å². The molecule has 0 unspecified atom stereocenters. The van der Waals surface area contributed by atoms with Crippen LogP contribution in [0.2, 0.25) is 0 Å². The Morgan fingerprint density at radius 3 is 1.64 bits per heavy atom. The predicted octanol–water partition coefficient (Wildman–Crippen LogP) is 5.83. The van der Waals surface area contributed by atoms with Gasteiger partial charge in [0, 0.05) is 104 Å². The first-order chi connectivity index (χ1) is 43.9. The van der Waals surface area contributed by atoms with E-state index in [9.17, 15) is 58.2 Å². The Hall–Kier alpha value is -5.49. The van der Waals surface area contributed by atoms with E-state index in [1.54, 1.807) is 67.5 Å². The van der Waals surface area contributed by atoms with Crippen LogP contribution in [0.5, 0.6) is 0 Å². The lowest BCUT2D eigenvalue weighted by atomic mass is 9.85. The molecule has 23 nitrogen and oxygen atoms in total. The van der Waals surface area contributed by atoms with Crippen LogP contribution in [0.25, 0.3) is 0 Å². The summed E-state index contributed by atoms with van der Waals surface area (Å²) in [5.41, 5.74) is 0. The van der Waals surface area contributed by atoms with Crippen molar-refractivity contribution >= 4 is 64.5 Å². The first-order valence-corrected chi connectivity index (χ1v) is 34.9. The number of morpholine rings is 1. The van der Waals surface area contributed by atoms with Crippen LogP contribution in [0.4, 0.5) is 0 Å². The zero-order chi connectivity index (χ0) is 71.6. The number of ketones is 4. The van der Waals surface area contributed by atoms with E-state index in [-0.39, 0.29) is 82.3 Å². The minimum atomic E-state index is -1.69. The lowest BCUT2D eigenvalue weighted by Gasteiger charge is -2.36. The number of aliphatic hydroxyl groups excluding tert-OH is 2. The Bertz CT molecular complexity index is 2500. The van der Waals surface area contributed by atoms with E-state index in [4.69, 9.17) is 9.47 Å². The fourth-order valence-corrected chi connectivity index (χ4v) is 12.9. The van der Waals surface area contributed by atoms with Gasteiger partial charge in [0.25, 0.3) is 0 Å². The van der Waals surface area contributed by atoms with E-state index in [2.05, 4.69) is 20.9 Å². The molecule has 23 heteroatoms. The van der Waals surface area contributed by atoms with Crippen LogP contribution in [0, 0.1) is 59.2 Å². The molecule has 0 aromatic carbocycles. The Kier molecular flexibility index (Phi) is 37.4. The predicted molar refractivity (Wildman–Crippen MR) is 362 cm³/mol. The molecule has 0 aromatic rings. The van der Waals surface area contributed by atoms with Crippen molar-refractivity contribution in [2.45, 2.75) is 242 Å². The van der Waals surface area contributed by atoms with Crippen molar-refractivity contribution in [1.29, 1.82) is 0 Å². The SMILES string of the molecule is CC[C@@H]1NC(=O)[C@H]([C@H](O)[C@H](C)C/C=C/CCO)NC(=O)[C@H](C(C)C)N(C)C(=O)[C@H](CC(C)C)CC(=O)[C@H](CC(C)C)N(C)C(=O)[C@@H](C)NC(=O)[C@H](C)CC(=O)[C@H](CC(C)C)N(C)C(=O)[C@H](C(C)C)CC(=O)[C@H]([C@@H](C)OCCCCN2CCOCC2)N(C)C(=O)[C@@H](C)CC1=O. The number of ether oxygens (including phenoxy) is 2. The first kappa shape index (κ1) is 84.6. The summed E-state index contributed by atoms with van der Waals surface area (Å²) in [5, 5.41) is 29.7. The van der Waals surface area contributed by atoms with Crippen molar-refractivity contribution < 1.29 is 72.4 Å². The summed E-state index contributed by atoms with van der Waals surface area (Å²) in [7, 11) is 5.88. The van der Waals surface area contributed by atoms with Gasteiger partial charge in [0.1, 0.15) is 24.2 Å². The third-order valence-corrected chi connectivity index (χ3v) is 18.6. The number of nitrogens with one attached hydrogen (secondary N) is 3. The number of hydrogen-bond acceptors (Lipinski definition) is 16. The molecule has 2 aliphatic rings. The molecule has 538 valence electrons. The maximum absolute atomic E-state index is 15.1. The molecule has 7 amide bonds. The molecule has 0 spiro atoms. The minimum absolute atomic E-state index is 0.0363. The Labute approximate surface area is 563 Å². The summed E-state index contributed by atoms with van der Waals surface area (Å²) in [6.45, 7) is 31.9. The van der Waals surface area contributed by atoms with Crippen molar-refractivity contribution in [3.05, 3.63) is 12.2 Å². The van der Waals surface area contributed by atoms with E-state index in [1.165, 1.54) is 61.6 Å². The Morgan fingerprint density at radius 2 is 1.11 bits per heavy atom. The van der Waals surface area contributed by atoms with Gasteiger partial charge in [-0.05, 0) is 107 Å². The quantitative estimate of drug-likeness (QED) is 0.0629. The standard InChI is InChI=1S/C71H124N8O15/c1-21-54-57(81)39-49(14)68(89)78(20)63(51(16)94-32-26-24-28-79-29-33-93-34-30-79)60(84)41-53(45(8)9)71(92)76(18)55(36-43(4)5)58(82)38-48(13)65(86)72-50(15)69(90)75(17)56(37-44(6)7)59(83)40-52(35-42(2)3)70(91)77(19)62(46(10)11)67(88)74-61(66(87)73-54)64(85)47(12)27-23-22-25-31-80/h22-23,42-56,61-64,80,85H,21,24-41H2,1-20H3,(H,72,86)(H,73,87)(H,74,88)/b23-22+/t47-,48-,49+,50-,51-,52-,53+,54+,55+,56+,61+,62+,63+,64-/m1/s1. The fourth-order valence-electron chi connectivity index (χ4n) is 12.9. The van der Waals surface area contributed by atoms with Gasteiger partial charge in [0.2, 0.25) is 41.4 Å². The van der Waals surface area contributed by atoms with E-state index >= 15 is 4.79 Å². The van der Waals surface area contributed by atoms with Crippen LogP contribution in [-0.2, 0) is 62.2 Å². The smallest absolute Gasteiger partial charge is 0.245 e. The number of likely N-dealkylation sites (N-methyl/N-ethyl adjacent to an activating group) is 4. The number of carbonyl (C=O) groups excluding carboxylic acids is 11. The zero-order valence-corrected chi connectivity index (χ0v) is 61.0. The number of rotatable bonds is 22. The lowest BCUT2D eigenvalue weighted by molar-refractivity contribution is -0.150. The molecule has 0 saturated carbocycles. The van der Waals surface area contributed by atoms with E-state index < -0.39 is 167 Å². The number of aliphatic hydroxyl groups is 2. The number of Topliss-reactive ketones (excluding diaryl/α,β-unsaturated/α-hetero) is 4. The topological polar surface area (TPSA) is 299 Å². The van der Waals surface area contributed by atoms with Crippen LogP contribution in [0.1, 0.15) is 188 Å².